The summed E-state index contributed by atoms with van der Waals surface area (Å²) in [6.45, 7) is 6.25. The number of hydrogen-bond donors (Lipinski definition) is 1. The molecule has 0 amide bonds. The zero-order valence-electron chi connectivity index (χ0n) is 15.4. The Morgan fingerprint density at radius 1 is 1.27 bits per heavy atom. The van der Waals surface area contributed by atoms with Gasteiger partial charge < -0.3 is 14.8 Å². The number of imidazole rings is 1. The van der Waals surface area contributed by atoms with E-state index in [0.29, 0.717) is 5.41 Å². The number of aromatic nitrogens is 2. The number of anilines is 2. The van der Waals surface area contributed by atoms with Crippen LogP contribution in [0, 0.1) is 5.92 Å². The summed E-state index contributed by atoms with van der Waals surface area (Å²) in [5, 5.41) is 3.53. The minimum Gasteiger partial charge on any atom is -0.317 e. The second kappa shape index (κ2) is 6.08. The van der Waals surface area contributed by atoms with E-state index in [1.165, 1.54) is 31.3 Å². The summed E-state index contributed by atoms with van der Waals surface area (Å²) in [5.74, 6) is 1.84. The number of hydrogen-bond acceptors (Lipinski definition) is 5. The first kappa shape index (κ1) is 16.3. The summed E-state index contributed by atoms with van der Waals surface area (Å²) in [5.41, 5.74) is 4.02. The molecule has 3 heterocycles. The Balaban J connectivity index is 1.41. The van der Waals surface area contributed by atoms with E-state index in [0.717, 1.165) is 43.6 Å². The summed E-state index contributed by atoms with van der Waals surface area (Å²) < 4.78 is 2.22. The number of benzene rings is 1. The third kappa shape index (κ3) is 2.47. The quantitative estimate of drug-likeness (QED) is 0.661. The van der Waals surface area contributed by atoms with E-state index in [2.05, 4.69) is 45.2 Å². The molecule has 6 nitrogen and oxygen atoms in total. The second-order valence-corrected chi connectivity index (χ2v) is 7.80. The first-order valence-corrected chi connectivity index (χ1v) is 9.56. The number of nitrogens with one attached hydrogen (secondary N) is 1. The maximum Gasteiger partial charge on any atom is 0.210 e. The minimum absolute atomic E-state index is 0.178. The van der Waals surface area contributed by atoms with Gasteiger partial charge in [-0.2, -0.15) is 0 Å². The topological polar surface area (TPSA) is 51.6 Å². The van der Waals surface area contributed by atoms with Crippen molar-refractivity contribution in [1.82, 2.24) is 14.9 Å². The first-order valence-electron chi connectivity index (χ1n) is 9.56. The second-order valence-electron chi connectivity index (χ2n) is 7.80. The van der Waals surface area contributed by atoms with Crippen molar-refractivity contribution in [1.29, 1.82) is 0 Å². The molecule has 5 rings (SSSR count). The molecular weight excluding hydrogens is 328 g/mol. The van der Waals surface area contributed by atoms with E-state index < -0.39 is 0 Å². The van der Waals surface area contributed by atoms with Crippen LogP contribution in [-0.4, -0.2) is 36.3 Å². The van der Waals surface area contributed by atoms with Crippen LogP contribution in [0.1, 0.15) is 37.1 Å². The van der Waals surface area contributed by atoms with Crippen LogP contribution in [0.4, 0.5) is 11.6 Å². The van der Waals surface area contributed by atoms with Crippen molar-refractivity contribution in [3.63, 3.8) is 0 Å². The van der Waals surface area contributed by atoms with Crippen molar-refractivity contribution in [3.8, 4) is 0 Å². The Morgan fingerprint density at radius 3 is 2.81 bits per heavy atom. The lowest BCUT2D eigenvalue weighted by molar-refractivity contribution is -0.304. The maximum absolute atomic E-state index is 5.23. The number of piperidine rings is 1. The smallest absolute Gasteiger partial charge is 0.210 e. The van der Waals surface area contributed by atoms with E-state index in [1.807, 2.05) is 6.92 Å². The van der Waals surface area contributed by atoms with Crippen LogP contribution in [0.15, 0.2) is 30.5 Å². The molecule has 3 aliphatic rings. The number of fused-ring (bicyclic) bond motifs is 2. The fourth-order valence-electron chi connectivity index (χ4n) is 4.70. The Labute approximate surface area is 154 Å². The highest BCUT2D eigenvalue weighted by atomic mass is 17.2. The van der Waals surface area contributed by atoms with Gasteiger partial charge in [0.2, 0.25) is 5.95 Å². The molecule has 26 heavy (non-hydrogen) atoms. The van der Waals surface area contributed by atoms with E-state index in [1.54, 1.807) is 0 Å². The van der Waals surface area contributed by atoms with Gasteiger partial charge in [-0.1, -0.05) is 12.1 Å². The van der Waals surface area contributed by atoms with Gasteiger partial charge in [0.1, 0.15) is 6.10 Å². The minimum atomic E-state index is -0.178. The molecule has 1 saturated heterocycles. The van der Waals surface area contributed by atoms with Gasteiger partial charge in [0.25, 0.3) is 0 Å². The van der Waals surface area contributed by atoms with E-state index in [9.17, 15) is 0 Å². The van der Waals surface area contributed by atoms with Gasteiger partial charge in [-0.15, -0.1) is 0 Å². The molecule has 1 aromatic carbocycles. The molecule has 138 valence electrons. The number of rotatable bonds is 5. The van der Waals surface area contributed by atoms with Gasteiger partial charge in [0.15, 0.2) is 0 Å². The van der Waals surface area contributed by atoms with Crippen molar-refractivity contribution < 1.29 is 9.78 Å². The molecule has 3 unspecified atom stereocenters. The molecule has 2 aromatic rings. The van der Waals surface area contributed by atoms with E-state index in [4.69, 9.17) is 14.8 Å². The molecule has 1 N–H and O–H groups in total. The van der Waals surface area contributed by atoms with Crippen LogP contribution in [0.5, 0.6) is 0 Å². The zero-order valence-corrected chi connectivity index (χ0v) is 15.4. The Morgan fingerprint density at radius 2 is 2.12 bits per heavy atom. The number of aryl methyl sites for hydroxylation is 1. The Hall–Kier alpha value is -1.89. The van der Waals surface area contributed by atoms with E-state index in [-0.39, 0.29) is 6.10 Å². The van der Waals surface area contributed by atoms with E-state index >= 15 is 0 Å². The van der Waals surface area contributed by atoms with Crippen molar-refractivity contribution in [2.24, 2.45) is 5.92 Å². The zero-order chi connectivity index (χ0) is 17.7. The summed E-state index contributed by atoms with van der Waals surface area (Å²) in [7, 11) is 1.53. The standard InChI is InChI=1S/C20H26N4O2/c1-14(26-25-2)18-12-23-8-3-9-24(19(23)22-18)17-6-4-15(5-7-17)20-10-16(20)11-21-13-20/h4-7,12,14,16,21H,3,8-11,13H2,1-2H3. The molecule has 1 aliphatic carbocycles. The normalized spacial score (nSPS) is 27.9. The van der Waals surface area contributed by atoms with Crippen LogP contribution >= 0.6 is 0 Å². The number of nitrogens with zero attached hydrogens (tertiary/aromatic N) is 3. The Bertz CT molecular complexity index is 803. The van der Waals surface area contributed by atoms with Crippen LogP contribution in [0.25, 0.3) is 0 Å². The van der Waals surface area contributed by atoms with Crippen molar-refractivity contribution in [2.45, 2.75) is 37.8 Å². The predicted molar refractivity (Wildman–Crippen MR) is 99.5 cm³/mol. The highest BCUT2D eigenvalue weighted by Gasteiger charge is 2.57. The SMILES string of the molecule is COOC(C)c1cn2c(n1)N(c1ccc(C34CNCC3C4)cc1)CCC2. The van der Waals surface area contributed by atoms with Crippen LogP contribution in [-0.2, 0) is 21.7 Å². The van der Waals surface area contributed by atoms with Crippen LogP contribution < -0.4 is 10.2 Å². The van der Waals surface area contributed by atoms with Gasteiger partial charge in [0, 0.05) is 36.9 Å². The monoisotopic (exact) mass is 354 g/mol. The average molecular weight is 354 g/mol. The lowest BCUT2D eigenvalue weighted by atomic mass is 9.95. The molecule has 0 radical (unpaired) electrons. The first-order chi connectivity index (χ1) is 12.7. The lowest BCUT2D eigenvalue weighted by Crippen LogP contribution is -2.28. The largest absolute Gasteiger partial charge is 0.317 e. The highest BCUT2D eigenvalue weighted by molar-refractivity contribution is 5.60. The summed E-state index contributed by atoms with van der Waals surface area (Å²) in [6.07, 6.45) is 4.36. The Kier molecular flexibility index (Phi) is 3.81. The van der Waals surface area contributed by atoms with Crippen LogP contribution in [0.3, 0.4) is 0 Å². The molecule has 3 atom stereocenters. The summed E-state index contributed by atoms with van der Waals surface area (Å²) >= 11 is 0. The summed E-state index contributed by atoms with van der Waals surface area (Å²) in [4.78, 5) is 17.2. The van der Waals surface area contributed by atoms with Crippen LogP contribution in [0.2, 0.25) is 0 Å². The van der Waals surface area contributed by atoms with Gasteiger partial charge in [-0.25, -0.2) is 14.8 Å². The molecule has 1 aromatic heterocycles. The summed E-state index contributed by atoms with van der Waals surface area (Å²) in [6, 6.07) is 9.16. The molecule has 0 bridgehead atoms. The predicted octanol–water partition coefficient (Wildman–Crippen LogP) is 2.92. The molecule has 2 fully saturated rings. The molecule has 2 aliphatic heterocycles. The van der Waals surface area contributed by atoms with Gasteiger partial charge >= 0.3 is 0 Å². The fraction of sp³-hybridized carbons (Fsp3) is 0.550. The van der Waals surface area contributed by atoms with Crippen molar-refractivity contribution in [2.75, 3.05) is 31.6 Å². The van der Waals surface area contributed by atoms with Gasteiger partial charge in [-0.05, 0) is 49.9 Å². The highest BCUT2D eigenvalue weighted by Crippen LogP contribution is 2.56. The van der Waals surface area contributed by atoms with Crippen molar-refractivity contribution in [3.05, 3.63) is 41.7 Å². The third-order valence-corrected chi connectivity index (χ3v) is 6.27. The molecule has 1 saturated carbocycles. The third-order valence-electron chi connectivity index (χ3n) is 6.27. The van der Waals surface area contributed by atoms with Gasteiger partial charge in [0.05, 0.1) is 12.8 Å². The molecular formula is C20H26N4O2. The molecule has 6 heteroatoms. The fourth-order valence-corrected chi connectivity index (χ4v) is 4.70. The lowest BCUT2D eigenvalue weighted by Gasteiger charge is -2.29. The maximum atomic E-state index is 5.23. The average Bonchev–Trinajstić information content (AvgIpc) is 3.03. The van der Waals surface area contributed by atoms with Gasteiger partial charge in [-0.3, -0.25) is 0 Å². The van der Waals surface area contributed by atoms with Crippen molar-refractivity contribution >= 4 is 11.6 Å². The molecule has 0 spiro atoms.